The molecule has 0 saturated carbocycles. The number of halogens is 1. The molecule has 0 radical (unpaired) electrons. The molecule has 0 saturated heterocycles. The summed E-state index contributed by atoms with van der Waals surface area (Å²) in [5.74, 6) is 0. The molecule has 74 valence electrons. The lowest BCUT2D eigenvalue weighted by Crippen LogP contribution is -2.16. The van der Waals surface area contributed by atoms with Crippen LogP contribution in [-0.2, 0) is 6.61 Å². The third-order valence-corrected chi connectivity index (χ3v) is 1.82. The molecule has 13 heavy (non-hydrogen) atoms. The van der Waals surface area contributed by atoms with Crippen LogP contribution in [0, 0.1) is 0 Å². The van der Waals surface area contributed by atoms with Crippen LogP contribution in [0.3, 0.4) is 0 Å². The molecule has 1 atom stereocenters. The fourth-order valence-corrected chi connectivity index (χ4v) is 1.14. The van der Waals surface area contributed by atoms with Crippen molar-refractivity contribution in [2.45, 2.75) is 12.6 Å². The van der Waals surface area contributed by atoms with Gasteiger partial charge in [-0.1, -0.05) is 24.3 Å². The molecule has 0 aliphatic heterocycles. The largest absolute Gasteiger partial charge is 0.394 e. The zero-order chi connectivity index (χ0) is 8.97. The highest BCUT2D eigenvalue weighted by molar-refractivity contribution is 5.85. The number of nitrogens with two attached hydrogens (primary N) is 1. The van der Waals surface area contributed by atoms with Crippen LogP contribution in [0.15, 0.2) is 24.3 Å². The lowest BCUT2D eigenvalue weighted by Gasteiger charge is -2.12. The maximum Gasteiger partial charge on any atom is 0.0685 e. The molecule has 0 spiro atoms. The second kappa shape index (κ2) is 5.94. The maximum atomic E-state index is 8.93. The summed E-state index contributed by atoms with van der Waals surface area (Å²) in [6, 6.07) is 6.88. The Kier molecular flexibility index (Phi) is 5.66. The summed E-state index contributed by atoms with van der Waals surface area (Å²) in [4.78, 5) is 0. The molecule has 0 fully saturated rings. The molecule has 1 aromatic rings. The topological polar surface area (TPSA) is 66.5 Å². The summed E-state index contributed by atoms with van der Waals surface area (Å²) in [6.07, 6.45) is 0. The van der Waals surface area contributed by atoms with Crippen LogP contribution in [0.25, 0.3) is 0 Å². The van der Waals surface area contributed by atoms with Crippen LogP contribution >= 0.6 is 12.4 Å². The smallest absolute Gasteiger partial charge is 0.0685 e. The fraction of sp³-hybridized carbons (Fsp3) is 0.333. The molecule has 0 aliphatic carbocycles. The Hall–Kier alpha value is -0.610. The Balaban J connectivity index is 0.00000144. The molecule has 0 amide bonds. The number of aliphatic hydroxyl groups excluding tert-OH is 2. The van der Waals surface area contributed by atoms with Crippen LogP contribution < -0.4 is 5.73 Å². The minimum absolute atomic E-state index is 0. The summed E-state index contributed by atoms with van der Waals surface area (Å²) in [5.41, 5.74) is 7.19. The van der Waals surface area contributed by atoms with Crippen molar-refractivity contribution in [1.29, 1.82) is 0 Å². The first-order valence-corrected chi connectivity index (χ1v) is 3.84. The van der Waals surface area contributed by atoms with Gasteiger partial charge in [0.25, 0.3) is 0 Å². The van der Waals surface area contributed by atoms with E-state index in [1.807, 2.05) is 18.2 Å². The van der Waals surface area contributed by atoms with E-state index in [9.17, 15) is 0 Å². The average molecular weight is 204 g/mol. The van der Waals surface area contributed by atoms with E-state index in [0.717, 1.165) is 11.1 Å². The van der Waals surface area contributed by atoms with Gasteiger partial charge in [0.1, 0.15) is 0 Å². The van der Waals surface area contributed by atoms with Crippen LogP contribution in [0.2, 0.25) is 0 Å². The Bertz CT molecular complexity index is 255. The lowest BCUT2D eigenvalue weighted by atomic mass is 10.0. The van der Waals surface area contributed by atoms with Gasteiger partial charge in [-0.05, 0) is 11.1 Å². The Labute approximate surface area is 83.6 Å². The van der Waals surface area contributed by atoms with Gasteiger partial charge in [-0.25, -0.2) is 0 Å². The maximum absolute atomic E-state index is 8.93. The highest BCUT2D eigenvalue weighted by Crippen LogP contribution is 2.15. The van der Waals surface area contributed by atoms with E-state index in [1.54, 1.807) is 6.07 Å². The predicted octanol–water partition coefficient (Wildman–Crippen LogP) is 0.593. The third kappa shape index (κ3) is 2.97. The molecule has 1 aromatic carbocycles. The summed E-state index contributed by atoms with van der Waals surface area (Å²) < 4.78 is 0. The molecule has 4 N–H and O–H groups in total. The standard InChI is InChI=1S/C9H13NO2.ClH/c10-9(6-12)8-4-2-1-3-7(8)5-11;/h1-4,9,11-12H,5-6,10H2;1H/t9-;/m1./s1. The summed E-state index contributed by atoms with van der Waals surface area (Å²) in [5, 5.41) is 17.7. The van der Waals surface area contributed by atoms with Gasteiger partial charge in [0.15, 0.2) is 0 Å². The van der Waals surface area contributed by atoms with Crippen LogP contribution in [0.5, 0.6) is 0 Å². The zero-order valence-corrected chi connectivity index (χ0v) is 8.00. The molecule has 0 aromatic heterocycles. The van der Waals surface area contributed by atoms with E-state index >= 15 is 0 Å². The fourth-order valence-electron chi connectivity index (χ4n) is 1.14. The number of aliphatic hydroxyl groups is 2. The van der Waals surface area contributed by atoms with Crippen molar-refractivity contribution < 1.29 is 10.2 Å². The summed E-state index contributed by atoms with van der Waals surface area (Å²) in [6.45, 7) is -0.138. The number of benzene rings is 1. The highest BCUT2D eigenvalue weighted by Gasteiger charge is 2.07. The van der Waals surface area contributed by atoms with Crippen molar-refractivity contribution in [3.8, 4) is 0 Å². The predicted molar refractivity (Wildman–Crippen MR) is 53.6 cm³/mol. The van der Waals surface area contributed by atoms with Gasteiger partial charge in [-0.15, -0.1) is 12.4 Å². The van der Waals surface area contributed by atoms with E-state index in [-0.39, 0.29) is 25.6 Å². The molecular weight excluding hydrogens is 190 g/mol. The van der Waals surface area contributed by atoms with E-state index < -0.39 is 6.04 Å². The lowest BCUT2D eigenvalue weighted by molar-refractivity contribution is 0.259. The van der Waals surface area contributed by atoms with Gasteiger partial charge in [-0.3, -0.25) is 0 Å². The summed E-state index contributed by atoms with van der Waals surface area (Å²) >= 11 is 0. The normalized spacial score (nSPS) is 11.9. The van der Waals surface area contributed by atoms with Gasteiger partial charge in [0.2, 0.25) is 0 Å². The molecule has 0 bridgehead atoms. The van der Waals surface area contributed by atoms with Crippen molar-refractivity contribution in [2.24, 2.45) is 5.73 Å². The first-order valence-electron chi connectivity index (χ1n) is 3.84. The van der Waals surface area contributed by atoms with Gasteiger partial charge < -0.3 is 15.9 Å². The van der Waals surface area contributed by atoms with E-state index in [1.165, 1.54) is 0 Å². The van der Waals surface area contributed by atoms with Crippen molar-refractivity contribution in [1.82, 2.24) is 0 Å². The number of hydrogen-bond acceptors (Lipinski definition) is 3. The Morgan fingerprint density at radius 2 is 1.85 bits per heavy atom. The number of hydrogen-bond donors (Lipinski definition) is 3. The Morgan fingerprint density at radius 3 is 2.38 bits per heavy atom. The molecule has 1 rings (SSSR count). The quantitative estimate of drug-likeness (QED) is 0.674. The molecular formula is C9H14ClNO2. The van der Waals surface area contributed by atoms with E-state index in [4.69, 9.17) is 15.9 Å². The van der Waals surface area contributed by atoms with Crippen molar-refractivity contribution >= 4 is 12.4 Å². The molecule has 0 aliphatic rings. The second-order valence-corrected chi connectivity index (χ2v) is 2.65. The van der Waals surface area contributed by atoms with Gasteiger partial charge in [-0.2, -0.15) is 0 Å². The molecule has 3 nitrogen and oxygen atoms in total. The third-order valence-electron chi connectivity index (χ3n) is 1.82. The van der Waals surface area contributed by atoms with Crippen LogP contribution in [0.1, 0.15) is 17.2 Å². The SMILES string of the molecule is Cl.N[C@H](CO)c1ccccc1CO. The Morgan fingerprint density at radius 1 is 1.23 bits per heavy atom. The summed E-state index contributed by atoms with van der Waals surface area (Å²) in [7, 11) is 0. The number of rotatable bonds is 3. The van der Waals surface area contributed by atoms with Crippen molar-refractivity contribution in [2.75, 3.05) is 6.61 Å². The molecule has 4 heteroatoms. The van der Waals surface area contributed by atoms with Crippen LogP contribution in [-0.4, -0.2) is 16.8 Å². The zero-order valence-electron chi connectivity index (χ0n) is 7.18. The highest BCUT2D eigenvalue weighted by atomic mass is 35.5. The molecule has 0 heterocycles. The average Bonchev–Trinajstić information content (AvgIpc) is 2.16. The molecule has 0 unspecified atom stereocenters. The van der Waals surface area contributed by atoms with Gasteiger partial charge in [0, 0.05) is 0 Å². The van der Waals surface area contributed by atoms with Gasteiger partial charge in [0.05, 0.1) is 19.3 Å². The first-order chi connectivity index (χ1) is 5.79. The van der Waals surface area contributed by atoms with Crippen molar-refractivity contribution in [3.63, 3.8) is 0 Å². The van der Waals surface area contributed by atoms with Crippen molar-refractivity contribution in [3.05, 3.63) is 35.4 Å². The van der Waals surface area contributed by atoms with E-state index in [0.29, 0.717) is 0 Å². The van der Waals surface area contributed by atoms with E-state index in [2.05, 4.69) is 0 Å². The monoisotopic (exact) mass is 203 g/mol. The second-order valence-electron chi connectivity index (χ2n) is 2.65. The first kappa shape index (κ1) is 12.4. The van der Waals surface area contributed by atoms with Gasteiger partial charge >= 0.3 is 0 Å². The minimum atomic E-state index is -0.395. The van der Waals surface area contributed by atoms with Crippen LogP contribution in [0.4, 0.5) is 0 Å². The minimum Gasteiger partial charge on any atom is -0.394 e.